The molecule has 0 aromatic heterocycles. The average molecular weight is 239 g/mol. The predicted molar refractivity (Wildman–Crippen MR) is 60.3 cm³/mol. The first kappa shape index (κ1) is 12.1. The van der Waals surface area contributed by atoms with Gasteiger partial charge < -0.3 is 15.2 Å². The number of carboxylic acid groups (broad SMARTS) is 1. The van der Waals surface area contributed by atoms with Crippen LogP contribution in [0.4, 0.5) is 0 Å². The Kier molecular flexibility index (Phi) is 2.73. The summed E-state index contributed by atoms with van der Waals surface area (Å²) in [5.41, 5.74) is -0.369. The van der Waals surface area contributed by atoms with Crippen molar-refractivity contribution in [3.8, 4) is 0 Å². The van der Waals surface area contributed by atoms with Crippen molar-refractivity contribution < 1.29 is 19.4 Å². The van der Waals surface area contributed by atoms with E-state index in [2.05, 4.69) is 5.32 Å². The highest BCUT2D eigenvalue weighted by Crippen LogP contribution is 2.39. The number of aliphatic carboxylic acids is 1. The van der Waals surface area contributed by atoms with E-state index < -0.39 is 30.0 Å². The SMILES string of the molecule is CC(C)(C)NC(=O)[C@@H]1[C@@H](C(=O)O)[C@@H]2C=C[C@@H]1O2. The third-order valence-electron chi connectivity index (χ3n) is 2.99. The molecule has 2 rings (SSSR count). The standard InChI is InChI=1S/C12H17NO4/c1-12(2,3)13-10(14)8-6-4-5-7(17-6)9(8)11(15)16/h4-9H,1-3H3,(H,13,14)(H,15,16)/t6-,7-,8-,9-/m0/s1. The molecule has 2 aliphatic heterocycles. The molecule has 0 aromatic carbocycles. The van der Waals surface area contributed by atoms with Crippen LogP contribution in [0.5, 0.6) is 0 Å². The smallest absolute Gasteiger partial charge is 0.310 e. The van der Waals surface area contributed by atoms with Crippen molar-refractivity contribution in [3.05, 3.63) is 12.2 Å². The molecule has 2 aliphatic rings. The minimum Gasteiger partial charge on any atom is -0.481 e. The van der Waals surface area contributed by atoms with Gasteiger partial charge in [-0.3, -0.25) is 9.59 Å². The zero-order valence-corrected chi connectivity index (χ0v) is 10.1. The number of hydrogen-bond acceptors (Lipinski definition) is 3. The highest BCUT2D eigenvalue weighted by Gasteiger charge is 2.53. The number of carbonyl (C=O) groups is 2. The van der Waals surface area contributed by atoms with Crippen LogP contribution in [0.25, 0.3) is 0 Å². The Morgan fingerprint density at radius 1 is 1.18 bits per heavy atom. The van der Waals surface area contributed by atoms with Crippen LogP contribution in [-0.4, -0.2) is 34.7 Å². The van der Waals surface area contributed by atoms with E-state index in [0.29, 0.717) is 0 Å². The summed E-state index contributed by atoms with van der Waals surface area (Å²) in [6.07, 6.45) is 2.64. The fourth-order valence-corrected chi connectivity index (χ4v) is 2.37. The number of ether oxygens (including phenoxy) is 1. The largest absolute Gasteiger partial charge is 0.481 e. The second-order valence-corrected chi connectivity index (χ2v) is 5.58. The normalized spacial score (nSPS) is 35.0. The predicted octanol–water partition coefficient (Wildman–Crippen LogP) is 0.555. The maximum absolute atomic E-state index is 12.1. The maximum atomic E-state index is 12.1. The Morgan fingerprint density at radius 2 is 1.71 bits per heavy atom. The van der Waals surface area contributed by atoms with Crippen molar-refractivity contribution in [2.24, 2.45) is 11.8 Å². The molecule has 0 aliphatic carbocycles. The number of nitrogens with one attached hydrogen (secondary N) is 1. The molecule has 2 N–H and O–H groups in total. The molecule has 2 heterocycles. The molecular formula is C12H17NO4. The summed E-state index contributed by atoms with van der Waals surface area (Å²) in [7, 11) is 0. The van der Waals surface area contributed by atoms with E-state index >= 15 is 0 Å². The third kappa shape index (κ3) is 2.20. The molecule has 0 spiro atoms. The van der Waals surface area contributed by atoms with Crippen molar-refractivity contribution >= 4 is 11.9 Å². The van der Waals surface area contributed by atoms with Crippen LogP contribution in [0, 0.1) is 11.8 Å². The van der Waals surface area contributed by atoms with E-state index in [0.717, 1.165) is 0 Å². The lowest BCUT2D eigenvalue weighted by Gasteiger charge is -2.26. The highest BCUT2D eigenvalue weighted by molar-refractivity contribution is 5.87. The molecule has 0 radical (unpaired) electrons. The van der Waals surface area contributed by atoms with E-state index in [4.69, 9.17) is 9.84 Å². The number of amides is 1. The Hall–Kier alpha value is -1.36. The molecule has 0 saturated carbocycles. The van der Waals surface area contributed by atoms with Gasteiger partial charge in [-0.2, -0.15) is 0 Å². The van der Waals surface area contributed by atoms with E-state index in [1.165, 1.54) is 0 Å². The number of hydrogen-bond donors (Lipinski definition) is 2. The van der Waals surface area contributed by atoms with Crippen LogP contribution in [0.1, 0.15) is 20.8 Å². The van der Waals surface area contributed by atoms with Crippen molar-refractivity contribution in [2.45, 2.75) is 38.5 Å². The highest BCUT2D eigenvalue weighted by atomic mass is 16.5. The fraction of sp³-hybridized carbons (Fsp3) is 0.667. The second kappa shape index (κ2) is 3.84. The first-order valence-electron chi connectivity index (χ1n) is 5.68. The minimum atomic E-state index is -0.976. The Balaban J connectivity index is 2.17. The van der Waals surface area contributed by atoms with E-state index in [1.807, 2.05) is 20.8 Å². The van der Waals surface area contributed by atoms with Gasteiger partial charge in [-0.1, -0.05) is 12.2 Å². The first-order valence-corrected chi connectivity index (χ1v) is 5.68. The van der Waals surface area contributed by atoms with Gasteiger partial charge >= 0.3 is 5.97 Å². The molecule has 1 amide bonds. The average Bonchev–Trinajstić information content (AvgIpc) is 2.72. The monoisotopic (exact) mass is 239 g/mol. The minimum absolute atomic E-state index is 0.248. The Bertz CT molecular complexity index is 382. The lowest BCUT2D eigenvalue weighted by atomic mass is 9.82. The van der Waals surface area contributed by atoms with Gasteiger partial charge in [0.15, 0.2) is 0 Å². The Labute approximate surface area is 99.8 Å². The molecule has 94 valence electrons. The van der Waals surface area contributed by atoms with E-state index in [-0.39, 0.29) is 11.4 Å². The van der Waals surface area contributed by atoms with Crippen molar-refractivity contribution in [1.29, 1.82) is 0 Å². The van der Waals surface area contributed by atoms with Gasteiger partial charge in [0.2, 0.25) is 5.91 Å². The summed E-state index contributed by atoms with van der Waals surface area (Å²) in [6.45, 7) is 5.60. The summed E-state index contributed by atoms with van der Waals surface area (Å²) >= 11 is 0. The summed E-state index contributed by atoms with van der Waals surface area (Å²) < 4.78 is 5.44. The number of rotatable bonds is 2. The van der Waals surface area contributed by atoms with Gasteiger partial charge in [0.1, 0.15) is 5.92 Å². The van der Waals surface area contributed by atoms with E-state index in [1.54, 1.807) is 12.2 Å². The van der Waals surface area contributed by atoms with Crippen LogP contribution in [-0.2, 0) is 14.3 Å². The van der Waals surface area contributed by atoms with Crippen LogP contribution in [0.2, 0.25) is 0 Å². The molecule has 4 atom stereocenters. The van der Waals surface area contributed by atoms with Gasteiger partial charge in [0.05, 0.1) is 18.1 Å². The fourth-order valence-electron chi connectivity index (χ4n) is 2.37. The summed E-state index contributed by atoms with van der Waals surface area (Å²) in [5, 5.41) is 12.0. The molecule has 0 aromatic rings. The van der Waals surface area contributed by atoms with Gasteiger partial charge in [-0.25, -0.2) is 0 Å². The van der Waals surface area contributed by atoms with Gasteiger partial charge in [-0.05, 0) is 20.8 Å². The van der Waals surface area contributed by atoms with Crippen molar-refractivity contribution in [2.75, 3.05) is 0 Å². The number of fused-ring (bicyclic) bond motifs is 2. The molecule has 1 fully saturated rings. The van der Waals surface area contributed by atoms with Crippen LogP contribution >= 0.6 is 0 Å². The van der Waals surface area contributed by atoms with Gasteiger partial charge in [-0.15, -0.1) is 0 Å². The summed E-state index contributed by atoms with van der Waals surface area (Å²) in [5.74, 6) is -2.62. The molecule has 17 heavy (non-hydrogen) atoms. The van der Waals surface area contributed by atoms with Crippen LogP contribution < -0.4 is 5.32 Å². The molecular weight excluding hydrogens is 222 g/mol. The molecule has 2 bridgehead atoms. The second-order valence-electron chi connectivity index (χ2n) is 5.58. The van der Waals surface area contributed by atoms with Crippen molar-refractivity contribution in [3.63, 3.8) is 0 Å². The molecule has 5 nitrogen and oxygen atoms in total. The maximum Gasteiger partial charge on any atom is 0.310 e. The van der Waals surface area contributed by atoms with Gasteiger partial charge in [0.25, 0.3) is 0 Å². The lowest BCUT2D eigenvalue weighted by molar-refractivity contribution is -0.147. The number of carboxylic acids is 1. The summed E-state index contributed by atoms with van der Waals surface area (Å²) in [4.78, 5) is 23.3. The lowest BCUT2D eigenvalue weighted by Crippen LogP contribution is -2.49. The zero-order chi connectivity index (χ0) is 12.8. The summed E-state index contributed by atoms with van der Waals surface area (Å²) in [6, 6.07) is 0. The Morgan fingerprint density at radius 3 is 2.18 bits per heavy atom. The molecule has 0 unspecified atom stereocenters. The molecule has 1 saturated heterocycles. The number of carbonyl (C=O) groups excluding carboxylic acids is 1. The zero-order valence-electron chi connectivity index (χ0n) is 10.1. The first-order chi connectivity index (χ1) is 7.79. The van der Waals surface area contributed by atoms with E-state index in [9.17, 15) is 9.59 Å². The van der Waals surface area contributed by atoms with Crippen LogP contribution in [0.15, 0.2) is 12.2 Å². The third-order valence-corrected chi connectivity index (χ3v) is 2.99. The van der Waals surface area contributed by atoms with Gasteiger partial charge in [0, 0.05) is 5.54 Å². The van der Waals surface area contributed by atoms with Crippen molar-refractivity contribution in [1.82, 2.24) is 5.32 Å². The van der Waals surface area contributed by atoms with Crippen LogP contribution in [0.3, 0.4) is 0 Å². The molecule has 5 heteroatoms. The topological polar surface area (TPSA) is 75.6 Å². The quantitative estimate of drug-likeness (QED) is 0.690.